The predicted octanol–water partition coefficient (Wildman–Crippen LogP) is 2.89. The lowest BCUT2D eigenvalue weighted by molar-refractivity contribution is -0.772. The SMILES string of the molecule is CCC(Sc1c([O-])on[n+]1C)C(=O)Nc1ccc(-c2nc3ccccc3o2)cc1. The molecule has 0 aliphatic carbocycles. The third-order valence-electron chi connectivity index (χ3n) is 4.33. The van der Waals surface area contributed by atoms with E-state index in [1.807, 2.05) is 43.3 Å². The standard InChI is InChI=1S/C20H18N4O4S/c1-3-16(29-19-20(26)28-23-24(19)2)17(25)21-13-10-8-12(9-11-13)18-22-14-6-4-5-7-15(14)27-18/h4-11,16H,3H2,1-2H3,(H-,21,22,23,25,26). The molecule has 0 aliphatic rings. The molecule has 4 rings (SSSR count). The number of anilines is 1. The van der Waals surface area contributed by atoms with Gasteiger partial charge < -0.3 is 19.4 Å². The molecule has 0 bridgehead atoms. The van der Waals surface area contributed by atoms with E-state index < -0.39 is 11.2 Å². The average Bonchev–Trinajstić information content (AvgIpc) is 3.30. The third kappa shape index (κ3) is 3.95. The van der Waals surface area contributed by atoms with Crippen molar-refractivity contribution in [2.75, 3.05) is 5.32 Å². The molecule has 0 spiro atoms. The normalized spacial score (nSPS) is 12.2. The molecule has 8 nitrogen and oxygen atoms in total. The molecule has 29 heavy (non-hydrogen) atoms. The van der Waals surface area contributed by atoms with Crippen LogP contribution < -0.4 is 15.1 Å². The molecule has 148 valence electrons. The Kier molecular flexibility index (Phi) is 5.22. The predicted molar refractivity (Wildman–Crippen MR) is 105 cm³/mol. The van der Waals surface area contributed by atoms with E-state index in [4.69, 9.17) is 4.42 Å². The number of oxazole rings is 1. The first kappa shape index (κ1) is 19.0. The smallest absolute Gasteiger partial charge is 0.291 e. The maximum Gasteiger partial charge on any atom is 0.291 e. The highest BCUT2D eigenvalue weighted by molar-refractivity contribution is 8.00. The summed E-state index contributed by atoms with van der Waals surface area (Å²) in [5.41, 5.74) is 2.98. The molecule has 1 unspecified atom stereocenters. The average molecular weight is 410 g/mol. The Morgan fingerprint density at radius 1 is 1.24 bits per heavy atom. The number of amides is 1. The Bertz CT molecular complexity index is 1100. The number of thioether (sulfide) groups is 1. The van der Waals surface area contributed by atoms with Gasteiger partial charge in [-0.3, -0.25) is 4.79 Å². The maximum atomic E-state index is 12.6. The van der Waals surface area contributed by atoms with Crippen LogP contribution in [-0.2, 0) is 11.8 Å². The first-order chi connectivity index (χ1) is 14.0. The molecule has 1 amide bonds. The Balaban J connectivity index is 1.46. The number of rotatable bonds is 6. The van der Waals surface area contributed by atoms with Crippen molar-refractivity contribution in [1.82, 2.24) is 10.3 Å². The Hall–Kier alpha value is -3.33. The number of nitrogens with one attached hydrogen (secondary N) is 1. The lowest BCUT2D eigenvalue weighted by Crippen LogP contribution is -2.34. The first-order valence-corrected chi connectivity index (χ1v) is 9.89. The number of carbonyl (C=O) groups excluding carboxylic acids is 1. The van der Waals surface area contributed by atoms with Gasteiger partial charge in [-0.25, -0.2) is 4.98 Å². The minimum absolute atomic E-state index is 0.201. The summed E-state index contributed by atoms with van der Waals surface area (Å²) in [6.07, 6.45) is 0.544. The van der Waals surface area contributed by atoms with Crippen molar-refractivity contribution < 1.29 is 23.5 Å². The molecular weight excluding hydrogens is 392 g/mol. The zero-order valence-electron chi connectivity index (χ0n) is 15.8. The number of carbonyl (C=O) groups is 1. The lowest BCUT2D eigenvalue weighted by Gasteiger charge is -2.13. The van der Waals surface area contributed by atoms with E-state index in [1.54, 1.807) is 19.2 Å². The molecule has 2 heterocycles. The minimum Gasteiger partial charge on any atom is -0.538 e. The molecule has 0 aliphatic heterocycles. The number of aromatic nitrogens is 3. The summed E-state index contributed by atoms with van der Waals surface area (Å²) in [5.74, 6) is -0.229. The number of nitrogens with zero attached hydrogens (tertiary/aromatic N) is 3. The Morgan fingerprint density at radius 2 is 2.00 bits per heavy atom. The Labute approximate surface area is 170 Å². The van der Waals surface area contributed by atoms with Gasteiger partial charge in [-0.2, -0.15) is 0 Å². The summed E-state index contributed by atoms with van der Waals surface area (Å²) < 4.78 is 11.7. The summed E-state index contributed by atoms with van der Waals surface area (Å²) in [4.78, 5) is 17.1. The molecule has 4 aromatic rings. The van der Waals surface area contributed by atoms with E-state index in [1.165, 1.54) is 4.68 Å². The number of benzene rings is 2. The molecule has 0 radical (unpaired) electrons. The van der Waals surface area contributed by atoms with E-state index >= 15 is 0 Å². The second kappa shape index (κ2) is 7.96. The van der Waals surface area contributed by atoms with Crippen LogP contribution in [0.1, 0.15) is 13.3 Å². The van der Waals surface area contributed by atoms with Crippen molar-refractivity contribution in [3.63, 3.8) is 0 Å². The van der Waals surface area contributed by atoms with Crippen molar-refractivity contribution in [1.29, 1.82) is 0 Å². The number of aryl methyl sites for hydroxylation is 1. The van der Waals surface area contributed by atoms with Gasteiger partial charge in [0, 0.05) is 11.3 Å². The molecule has 2 aromatic carbocycles. The monoisotopic (exact) mass is 410 g/mol. The minimum atomic E-state index is -0.550. The summed E-state index contributed by atoms with van der Waals surface area (Å²) >= 11 is 1.14. The van der Waals surface area contributed by atoms with Crippen molar-refractivity contribution in [3.05, 3.63) is 48.5 Å². The quantitative estimate of drug-likeness (QED) is 0.385. The highest BCUT2D eigenvalue weighted by atomic mass is 32.2. The van der Waals surface area contributed by atoms with Gasteiger partial charge >= 0.3 is 0 Å². The van der Waals surface area contributed by atoms with E-state index in [0.29, 0.717) is 23.0 Å². The van der Waals surface area contributed by atoms with Crippen molar-refractivity contribution in [3.8, 4) is 17.4 Å². The van der Waals surface area contributed by atoms with Gasteiger partial charge in [0.15, 0.2) is 18.6 Å². The topological polar surface area (TPSA) is 108 Å². The molecular formula is C20H18N4O4S. The number of fused-ring (bicyclic) bond motifs is 1. The van der Waals surface area contributed by atoms with Crippen molar-refractivity contribution in [2.45, 2.75) is 23.6 Å². The zero-order chi connectivity index (χ0) is 20.4. The van der Waals surface area contributed by atoms with Crippen molar-refractivity contribution in [2.24, 2.45) is 7.05 Å². The number of para-hydroxylation sites is 2. The molecule has 0 fully saturated rings. The van der Waals surface area contributed by atoms with Crippen LogP contribution >= 0.6 is 11.8 Å². The van der Waals surface area contributed by atoms with Crippen LogP contribution in [0.5, 0.6) is 5.95 Å². The Morgan fingerprint density at radius 3 is 2.66 bits per heavy atom. The van der Waals surface area contributed by atoms with Gasteiger partial charge in [-0.15, -0.1) is 0 Å². The summed E-state index contributed by atoms with van der Waals surface area (Å²) in [5, 5.41) is 18.0. The largest absolute Gasteiger partial charge is 0.538 e. The fourth-order valence-corrected chi connectivity index (χ4v) is 3.72. The third-order valence-corrected chi connectivity index (χ3v) is 5.81. The highest BCUT2D eigenvalue weighted by Gasteiger charge is 2.25. The number of hydrogen-bond donors (Lipinski definition) is 1. The van der Waals surface area contributed by atoms with Gasteiger partial charge in [0.2, 0.25) is 11.8 Å². The molecule has 0 saturated heterocycles. The van der Waals surface area contributed by atoms with E-state index in [9.17, 15) is 9.90 Å². The summed E-state index contributed by atoms with van der Waals surface area (Å²) in [6.45, 7) is 1.88. The van der Waals surface area contributed by atoms with Crippen LogP contribution in [0.2, 0.25) is 0 Å². The van der Waals surface area contributed by atoms with Gasteiger partial charge in [-0.05, 0) is 54.6 Å². The van der Waals surface area contributed by atoms with Crippen LogP contribution in [0.3, 0.4) is 0 Å². The molecule has 0 saturated carbocycles. The molecule has 1 atom stereocenters. The number of hydrogen-bond acceptors (Lipinski definition) is 7. The maximum absolute atomic E-state index is 12.6. The van der Waals surface area contributed by atoms with Gasteiger partial charge in [0.1, 0.15) is 5.52 Å². The van der Waals surface area contributed by atoms with E-state index in [2.05, 4.69) is 20.1 Å². The van der Waals surface area contributed by atoms with Gasteiger partial charge in [0.05, 0.1) is 10.5 Å². The molecule has 2 aromatic heterocycles. The highest BCUT2D eigenvalue weighted by Crippen LogP contribution is 2.29. The summed E-state index contributed by atoms with van der Waals surface area (Å²) in [6, 6.07) is 14.8. The summed E-state index contributed by atoms with van der Waals surface area (Å²) in [7, 11) is 1.60. The van der Waals surface area contributed by atoms with Crippen LogP contribution in [0.15, 0.2) is 62.5 Å². The van der Waals surface area contributed by atoms with E-state index in [-0.39, 0.29) is 5.91 Å². The lowest BCUT2D eigenvalue weighted by atomic mass is 10.2. The van der Waals surface area contributed by atoms with Gasteiger partial charge in [0.25, 0.3) is 5.03 Å². The second-order valence-corrected chi connectivity index (χ2v) is 7.55. The molecule has 9 heteroatoms. The fraction of sp³-hybridized carbons (Fsp3) is 0.200. The molecule has 1 N–H and O–H groups in total. The van der Waals surface area contributed by atoms with Crippen molar-refractivity contribution >= 4 is 34.5 Å². The van der Waals surface area contributed by atoms with Crippen LogP contribution in [-0.4, -0.2) is 21.4 Å². The van der Waals surface area contributed by atoms with Crippen LogP contribution in [0, 0.1) is 0 Å². The van der Waals surface area contributed by atoms with E-state index in [0.717, 1.165) is 28.4 Å². The second-order valence-electron chi connectivity index (χ2n) is 6.36. The van der Waals surface area contributed by atoms with Crippen LogP contribution in [0.25, 0.3) is 22.6 Å². The zero-order valence-corrected chi connectivity index (χ0v) is 16.6. The van der Waals surface area contributed by atoms with Gasteiger partial charge in [-0.1, -0.05) is 23.7 Å². The fourth-order valence-electron chi connectivity index (χ4n) is 2.80. The van der Waals surface area contributed by atoms with Crippen LogP contribution in [0.4, 0.5) is 5.69 Å². The first-order valence-electron chi connectivity index (χ1n) is 9.01.